The van der Waals surface area contributed by atoms with Crippen LogP contribution in [0.2, 0.25) is 0 Å². The van der Waals surface area contributed by atoms with Crippen molar-refractivity contribution in [1.82, 2.24) is 10.3 Å². The molecule has 0 bridgehead atoms. The van der Waals surface area contributed by atoms with Gasteiger partial charge in [-0.05, 0) is 24.3 Å². The summed E-state index contributed by atoms with van der Waals surface area (Å²) >= 11 is 1.42. The maximum Gasteiger partial charge on any atom is 0.263 e. The van der Waals surface area contributed by atoms with Gasteiger partial charge < -0.3 is 4.90 Å². The van der Waals surface area contributed by atoms with Gasteiger partial charge >= 0.3 is 0 Å². The van der Waals surface area contributed by atoms with E-state index in [4.69, 9.17) is 5.84 Å². The number of amides is 2. The average Bonchev–Trinajstić information content (AvgIpc) is 2.91. The zero-order chi connectivity index (χ0) is 12.3. The lowest BCUT2D eigenvalue weighted by Gasteiger charge is -2.31. The summed E-state index contributed by atoms with van der Waals surface area (Å²) in [6.45, 7) is 1.17. The third-order valence-electron chi connectivity index (χ3n) is 2.95. The summed E-state index contributed by atoms with van der Waals surface area (Å²) < 4.78 is 0. The van der Waals surface area contributed by atoms with Gasteiger partial charge in [-0.1, -0.05) is 6.07 Å². The highest BCUT2D eigenvalue weighted by molar-refractivity contribution is 7.12. The van der Waals surface area contributed by atoms with Crippen molar-refractivity contribution < 1.29 is 9.59 Å². The summed E-state index contributed by atoms with van der Waals surface area (Å²) in [5.74, 6) is 4.76. The molecule has 17 heavy (non-hydrogen) atoms. The summed E-state index contributed by atoms with van der Waals surface area (Å²) in [4.78, 5) is 26.0. The van der Waals surface area contributed by atoms with Crippen molar-refractivity contribution in [2.45, 2.75) is 12.8 Å². The second kappa shape index (κ2) is 5.29. The van der Waals surface area contributed by atoms with Crippen LogP contribution in [-0.2, 0) is 4.79 Å². The number of thiophene rings is 1. The highest BCUT2D eigenvalue weighted by atomic mass is 32.1. The van der Waals surface area contributed by atoms with Gasteiger partial charge in [0, 0.05) is 13.1 Å². The fourth-order valence-corrected chi connectivity index (χ4v) is 2.74. The van der Waals surface area contributed by atoms with Crippen molar-refractivity contribution in [3.05, 3.63) is 22.4 Å². The zero-order valence-electron chi connectivity index (χ0n) is 9.39. The van der Waals surface area contributed by atoms with Crippen LogP contribution in [-0.4, -0.2) is 29.8 Å². The van der Waals surface area contributed by atoms with Crippen LogP contribution in [0, 0.1) is 5.92 Å². The molecule has 1 fully saturated rings. The van der Waals surface area contributed by atoms with Crippen molar-refractivity contribution in [2.75, 3.05) is 13.1 Å². The number of hydrogen-bond donors (Lipinski definition) is 2. The first-order valence-corrected chi connectivity index (χ1v) is 6.43. The molecule has 1 saturated heterocycles. The van der Waals surface area contributed by atoms with Gasteiger partial charge in [0.2, 0.25) is 5.91 Å². The molecule has 2 heterocycles. The SMILES string of the molecule is NNC(=O)C1CCCN(C(=O)c2cccs2)C1. The summed E-state index contributed by atoms with van der Waals surface area (Å²) in [7, 11) is 0. The minimum atomic E-state index is -0.186. The van der Waals surface area contributed by atoms with Crippen LogP contribution in [0.25, 0.3) is 0 Å². The number of piperidine rings is 1. The first kappa shape index (κ1) is 12.1. The Kier molecular flexibility index (Phi) is 3.75. The predicted octanol–water partition coefficient (Wildman–Crippen LogP) is 0.590. The number of hydrogen-bond acceptors (Lipinski definition) is 4. The van der Waals surface area contributed by atoms with Gasteiger partial charge in [0.1, 0.15) is 0 Å². The quantitative estimate of drug-likeness (QED) is 0.460. The number of likely N-dealkylation sites (tertiary alicyclic amines) is 1. The van der Waals surface area contributed by atoms with Crippen LogP contribution >= 0.6 is 11.3 Å². The number of rotatable bonds is 2. The Labute approximate surface area is 104 Å². The highest BCUT2D eigenvalue weighted by Gasteiger charge is 2.28. The molecule has 1 aromatic rings. The lowest BCUT2D eigenvalue weighted by atomic mass is 9.97. The van der Waals surface area contributed by atoms with Crippen molar-refractivity contribution >= 4 is 23.2 Å². The Hall–Kier alpha value is -1.40. The third kappa shape index (κ3) is 2.65. The van der Waals surface area contributed by atoms with E-state index in [1.807, 2.05) is 11.4 Å². The maximum atomic E-state index is 12.1. The second-order valence-corrected chi connectivity index (χ2v) is 5.02. The highest BCUT2D eigenvalue weighted by Crippen LogP contribution is 2.20. The maximum absolute atomic E-state index is 12.1. The third-order valence-corrected chi connectivity index (χ3v) is 3.81. The number of hydrazine groups is 1. The van der Waals surface area contributed by atoms with Gasteiger partial charge in [-0.15, -0.1) is 11.3 Å². The van der Waals surface area contributed by atoms with Gasteiger partial charge in [-0.25, -0.2) is 5.84 Å². The van der Waals surface area contributed by atoms with Crippen molar-refractivity contribution in [1.29, 1.82) is 0 Å². The molecule has 0 aromatic carbocycles. The molecule has 1 aliphatic rings. The number of nitrogens with one attached hydrogen (secondary N) is 1. The van der Waals surface area contributed by atoms with Crippen LogP contribution in [0.3, 0.4) is 0 Å². The van der Waals surface area contributed by atoms with E-state index in [1.54, 1.807) is 11.0 Å². The summed E-state index contributed by atoms with van der Waals surface area (Å²) in [5.41, 5.74) is 2.15. The van der Waals surface area contributed by atoms with Crippen LogP contribution in [0.4, 0.5) is 0 Å². The van der Waals surface area contributed by atoms with E-state index in [9.17, 15) is 9.59 Å². The molecule has 0 saturated carbocycles. The number of nitrogens with zero attached hydrogens (tertiary/aromatic N) is 1. The first-order valence-electron chi connectivity index (χ1n) is 5.55. The van der Waals surface area contributed by atoms with Crippen LogP contribution in [0.5, 0.6) is 0 Å². The van der Waals surface area contributed by atoms with Crippen molar-refractivity contribution in [3.8, 4) is 0 Å². The van der Waals surface area contributed by atoms with E-state index in [2.05, 4.69) is 5.43 Å². The number of carbonyl (C=O) groups excluding carboxylic acids is 2. The van der Waals surface area contributed by atoms with E-state index >= 15 is 0 Å². The Morgan fingerprint density at radius 3 is 3.00 bits per heavy atom. The molecular formula is C11H15N3O2S. The van der Waals surface area contributed by atoms with Gasteiger partial charge in [-0.2, -0.15) is 0 Å². The lowest BCUT2D eigenvalue weighted by molar-refractivity contribution is -0.126. The monoisotopic (exact) mass is 253 g/mol. The standard InChI is InChI=1S/C11H15N3O2S/c12-13-10(15)8-3-1-5-14(7-8)11(16)9-4-2-6-17-9/h2,4,6,8H,1,3,5,7,12H2,(H,13,15). The van der Waals surface area contributed by atoms with Gasteiger partial charge in [0.25, 0.3) is 5.91 Å². The van der Waals surface area contributed by atoms with E-state index in [0.29, 0.717) is 13.1 Å². The summed E-state index contributed by atoms with van der Waals surface area (Å²) in [5, 5.41) is 1.88. The molecular weight excluding hydrogens is 238 g/mol. The molecule has 2 rings (SSSR count). The fraction of sp³-hybridized carbons (Fsp3) is 0.455. The fourth-order valence-electron chi connectivity index (χ4n) is 2.05. The molecule has 0 radical (unpaired) electrons. The van der Waals surface area contributed by atoms with Crippen LogP contribution < -0.4 is 11.3 Å². The number of nitrogens with two attached hydrogens (primary N) is 1. The van der Waals surface area contributed by atoms with Gasteiger partial charge in [0.15, 0.2) is 0 Å². The van der Waals surface area contributed by atoms with Gasteiger partial charge in [0.05, 0.1) is 10.8 Å². The van der Waals surface area contributed by atoms with Crippen molar-refractivity contribution in [2.24, 2.45) is 11.8 Å². The molecule has 1 atom stereocenters. The van der Waals surface area contributed by atoms with Gasteiger partial charge in [-0.3, -0.25) is 15.0 Å². The average molecular weight is 253 g/mol. The Balaban J connectivity index is 2.02. The zero-order valence-corrected chi connectivity index (χ0v) is 10.2. The number of carbonyl (C=O) groups is 2. The topological polar surface area (TPSA) is 75.4 Å². The molecule has 92 valence electrons. The Morgan fingerprint density at radius 2 is 2.35 bits per heavy atom. The molecule has 1 unspecified atom stereocenters. The lowest BCUT2D eigenvalue weighted by Crippen LogP contribution is -2.46. The molecule has 0 aliphatic carbocycles. The normalized spacial score (nSPS) is 20.1. The Morgan fingerprint density at radius 1 is 1.53 bits per heavy atom. The molecule has 1 aliphatic heterocycles. The molecule has 2 amide bonds. The molecule has 3 N–H and O–H groups in total. The first-order chi connectivity index (χ1) is 8.22. The minimum Gasteiger partial charge on any atom is -0.337 e. The smallest absolute Gasteiger partial charge is 0.263 e. The second-order valence-electron chi connectivity index (χ2n) is 4.08. The van der Waals surface area contributed by atoms with Crippen LogP contribution in [0.15, 0.2) is 17.5 Å². The summed E-state index contributed by atoms with van der Waals surface area (Å²) in [6.07, 6.45) is 1.63. The molecule has 0 spiro atoms. The predicted molar refractivity (Wildman–Crippen MR) is 65.3 cm³/mol. The van der Waals surface area contributed by atoms with E-state index in [-0.39, 0.29) is 17.7 Å². The van der Waals surface area contributed by atoms with Crippen molar-refractivity contribution in [3.63, 3.8) is 0 Å². The largest absolute Gasteiger partial charge is 0.337 e. The van der Waals surface area contributed by atoms with E-state index in [1.165, 1.54) is 11.3 Å². The Bertz CT molecular complexity index is 405. The minimum absolute atomic E-state index is 0.00882. The summed E-state index contributed by atoms with van der Waals surface area (Å²) in [6, 6.07) is 3.66. The van der Waals surface area contributed by atoms with E-state index < -0.39 is 0 Å². The molecule has 6 heteroatoms. The van der Waals surface area contributed by atoms with E-state index in [0.717, 1.165) is 17.7 Å². The molecule has 5 nitrogen and oxygen atoms in total. The molecule has 1 aromatic heterocycles. The van der Waals surface area contributed by atoms with Crippen LogP contribution in [0.1, 0.15) is 22.5 Å².